The monoisotopic (exact) mass is 559 g/mol. The quantitative estimate of drug-likeness (QED) is 0.278. The van der Waals surface area contributed by atoms with Crippen LogP contribution in [0.1, 0.15) is 67.9 Å². The third-order valence-electron chi connectivity index (χ3n) is 5.07. The fraction of sp³-hybridized carbons (Fsp3) is 0.357. The summed E-state index contributed by atoms with van der Waals surface area (Å²) < 4.78 is 84.7. The van der Waals surface area contributed by atoms with Gasteiger partial charge >= 0.3 is 12.2 Å². The van der Waals surface area contributed by atoms with Gasteiger partial charge in [0, 0.05) is 40.9 Å². The van der Waals surface area contributed by atoms with Crippen LogP contribution in [0.15, 0.2) is 59.0 Å². The van der Waals surface area contributed by atoms with Crippen LogP contribution in [0.4, 0.5) is 26.3 Å². The Morgan fingerprint density at radius 2 is 1.68 bits per heavy atom. The van der Waals surface area contributed by atoms with E-state index in [1.54, 1.807) is 13.1 Å². The topological polar surface area (TPSA) is 50.7 Å². The second kappa shape index (κ2) is 14.3. The maximum Gasteiger partial charge on any atom is 0.399 e. The molecule has 3 rings (SSSR count). The average Bonchev–Trinajstić information content (AvgIpc) is 2.87. The van der Waals surface area contributed by atoms with Gasteiger partial charge in [0.2, 0.25) is 0 Å². The van der Waals surface area contributed by atoms with Crippen molar-refractivity contribution >= 4 is 35.1 Å². The summed E-state index contributed by atoms with van der Waals surface area (Å²) in [6, 6.07) is 2.73. The van der Waals surface area contributed by atoms with Gasteiger partial charge in [0.15, 0.2) is 5.84 Å². The molecule has 3 nitrogen and oxygen atoms in total. The van der Waals surface area contributed by atoms with Crippen LogP contribution in [-0.2, 0) is 6.05 Å². The summed E-state index contributed by atoms with van der Waals surface area (Å²) in [5.41, 5.74) is 3.75. The van der Waals surface area contributed by atoms with Crippen LogP contribution in [0.5, 0.6) is 0 Å². The third-order valence-corrected chi connectivity index (χ3v) is 5.29. The van der Waals surface area contributed by atoms with Gasteiger partial charge in [0.25, 0.3) is 0 Å². The molecule has 0 spiro atoms. The second-order valence-corrected chi connectivity index (χ2v) is 8.20. The van der Waals surface area contributed by atoms with Gasteiger partial charge in [-0.1, -0.05) is 64.1 Å². The number of aryl methyl sites for hydroxylation is 1. The lowest BCUT2D eigenvalue weighted by atomic mass is 9.93. The first-order chi connectivity index (χ1) is 17.8. The zero-order chi connectivity index (χ0) is 29.3. The summed E-state index contributed by atoms with van der Waals surface area (Å²) >= 11 is 5.87. The fourth-order valence-corrected chi connectivity index (χ4v) is 3.81. The Balaban J connectivity index is 0.00000172. The maximum atomic E-state index is 15.0. The predicted molar refractivity (Wildman–Crippen MR) is 146 cm³/mol. The molecule has 1 aliphatic heterocycles. The molecule has 0 radical (unpaired) electrons. The highest BCUT2D eigenvalue weighted by molar-refractivity contribution is 6.30. The summed E-state index contributed by atoms with van der Waals surface area (Å²) in [7, 11) is 0. The number of hydrogen-bond donors (Lipinski definition) is 1. The van der Waals surface area contributed by atoms with Gasteiger partial charge in [-0.15, -0.1) is 0 Å². The summed E-state index contributed by atoms with van der Waals surface area (Å²) in [5.74, 6) is -3.59. The molecule has 1 heterocycles. The van der Waals surface area contributed by atoms with Gasteiger partial charge in [-0.25, -0.2) is 9.38 Å². The minimum Gasteiger partial charge on any atom is -0.268 e. The van der Waals surface area contributed by atoms with E-state index < -0.39 is 35.1 Å². The maximum absolute atomic E-state index is 15.0. The first-order valence-electron chi connectivity index (χ1n) is 12.1. The Hall–Kier alpha value is -2.91. The second-order valence-electron chi connectivity index (χ2n) is 7.76. The molecule has 1 atom stereocenters. The van der Waals surface area contributed by atoms with Crippen molar-refractivity contribution in [1.29, 1.82) is 0 Å². The molecule has 0 aliphatic carbocycles. The highest BCUT2D eigenvalue weighted by atomic mass is 35.5. The zero-order valence-electron chi connectivity index (χ0n) is 21.9. The Kier molecular flexibility index (Phi) is 12.5. The molecule has 2 N–H and O–H groups in total. The predicted octanol–water partition coefficient (Wildman–Crippen LogP) is 9.25. The number of allylic oxidation sites excluding steroid dienone is 1. The number of nitrogens with two attached hydrogens (primary N) is 1. The molecule has 0 aromatic heterocycles. The highest BCUT2D eigenvalue weighted by Gasteiger charge is 2.40. The standard InChI is InChI=1S/C24H20ClF6N3.2C2H6/c1-13-8-16(10-17(25)9-13)19(23(27,28)29)12-21(26)15-4-5-18(20(11-15)24(30,31)32)14(2)22-33-6-3-7-34-22;2*1-2/h4-6,8-12,19H,2-3,7,32H2,1H3;2*1-2H3/b21-12-;;. The van der Waals surface area contributed by atoms with Gasteiger partial charge in [0.1, 0.15) is 11.7 Å². The van der Waals surface area contributed by atoms with E-state index in [1.165, 1.54) is 12.1 Å². The first-order valence-corrected chi connectivity index (χ1v) is 12.4. The average molecular weight is 560 g/mol. The highest BCUT2D eigenvalue weighted by Crippen LogP contribution is 2.40. The molecular weight excluding hydrogens is 528 g/mol. The van der Waals surface area contributed by atoms with E-state index >= 15 is 4.39 Å². The van der Waals surface area contributed by atoms with Crippen LogP contribution in [0.3, 0.4) is 0 Å². The summed E-state index contributed by atoms with van der Waals surface area (Å²) in [6.07, 6.45) is -2.40. The van der Waals surface area contributed by atoms with E-state index in [9.17, 15) is 22.0 Å². The molecule has 38 heavy (non-hydrogen) atoms. The number of amidine groups is 1. The van der Waals surface area contributed by atoms with Crippen LogP contribution in [0.25, 0.3) is 11.4 Å². The van der Waals surface area contributed by atoms with Crippen molar-refractivity contribution in [2.24, 2.45) is 15.7 Å². The number of benzene rings is 2. The van der Waals surface area contributed by atoms with Crippen molar-refractivity contribution in [2.45, 2.75) is 59.2 Å². The zero-order valence-corrected chi connectivity index (χ0v) is 22.7. The summed E-state index contributed by atoms with van der Waals surface area (Å²) in [4.78, 5) is 8.13. The van der Waals surface area contributed by atoms with Crippen LogP contribution >= 0.6 is 11.6 Å². The van der Waals surface area contributed by atoms with Crippen molar-refractivity contribution in [3.05, 3.63) is 81.9 Å². The van der Waals surface area contributed by atoms with Crippen LogP contribution in [0, 0.1) is 6.92 Å². The van der Waals surface area contributed by atoms with Gasteiger partial charge in [-0.05, 0) is 47.9 Å². The lowest BCUT2D eigenvalue weighted by molar-refractivity contribution is -0.139. The van der Waals surface area contributed by atoms with Crippen LogP contribution in [0.2, 0.25) is 5.02 Å². The molecule has 0 fully saturated rings. The number of alkyl halides is 5. The number of rotatable bonds is 6. The molecule has 1 aliphatic rings. The number of hydrogen-bond acceptors (Lipinski definition) is 3. The normalized spacial score (nSPS) is 14.4. The molecule has 0 saturated carbocycles. The van der Waals surface area contributed by atoms with E-state index in [-0.39, 0.29) is 27.6 Å². The van der Waals surface area contributed by atoms with Gasteiger partial charge in [-0.3, -0.25) is 10.7 Å². The molecular formula is C28H32ClF6N3. The van der Waals surface area contributed by atoms with Gasteiger partial charge in [-0.2, -0.15) is 22.0 Å². The molecule has 0 amide bonds. The van der Waals surface area contributed by atoms with Crippen molar-refractivity contribution in [3.63, 3.8) is 0 Å². The Morgan fingerprint density at radius 3 is 2.18 bits per heavy atom. The number of aliphatic imine (C=N–C) groups is 2. The van der Waals surface area contributed by atoms with Gasteiger partial charge < -0.3 is 0 Å². The molecule has 10 heteroatoms. The molecule has 2 aromatic carbocycles. The number of nitrogens with zero attached hydrogens (tertiary/aromatic N) is 2. The van der Waals surface area contributed by atoms with E-state index in [0.717, 1.165) is 18.2 Å². The van der Waals surface area contributed by atoms with Crippen LogP contribution < -0.4 is 5.73 Å². The van der Waals surface area contributed by atoms with E-state index in [2.05, 4.69) is 16.6 Å². The first kappa shape index (κ1) is 33.1. The third kappa shape index (κ3) is 8.84. The summed E-state index contributed by atoms with van der Waals surface area (Å²) in [5, 5.41) is 0.0549. The lowest BCUT2D eigenvalue weighted by Gasteiger charge is -2.20. The summed E-state index contributed by atoms with van der Waals surface area (Å²) in [6.45, 7) is 13.7. The van der Waals surface area contributed by atoms with E-state index in [0.29, 0.717) is 30.7 Å². The van der Waals surface area contributed by atoms with E-state index in [1.807, 2.05) is 27.7 Å². The van der Waals surface area contributed by atoms with E-state index in [4.69, 9.17) is 17.3 Å². The minimum atomic E-state index is -4.86. The Bertz CT molecular complexity index is 1170. The largest absolute Gasteiger partial charge is 0.399 e. The van der Waals surface area contributed by atoms with Crippen molar-refractivity contribution in [3.8, 4) is 0 Å². The fourth-order valence-electron chi connectivity index (χ4n) is 3.51. The Morgan fingerprint density at radius 1 is 1.05 bits per heavy atom. The molecule has 208 valence electrons. The van der Waals surface area contributed by atoms with Crippen LogP contribution in [-0.4, -0.2) is 24.8 Å². The lowest BCUT2D eigenvalue weighted by Crippen LogP contribution is -2.27. The molecule has 1 unspecified atom stereocenters. The molecule has 2 aromatic rings. The van der Waals surface area contributed by atoms with Crippen molar-refractivity contribution in [2.75, 3.05) is 6.54 Å². The molecule has 0 saturated heterocycles. The molecule has 0 bridgehead atoms. The van der Waals surface area contributed by atoms with Crippen molar-refractivity contribution in [1.82, 2.24) is 0 Å². The van der Waals surface area contributed by atoms with Crippen molar-refractivity contribution < 1.29 is 26.3 Å². The van der Waals surface area contributed by atoms with Gasteiger partial charge in [0.05, 0.1) is 0 Å². The Labute approximate surface area is 224 Å². The SMILES string of the molecule is C=C(C1=NCCC=N1)c1ccc(/C(F)=C/C(c2cc(C)cc(Cl)c2)C(F)(F)F)cc1C(N)(F)F.CC.CC. The smallest absolute Gasteiger partial charge is 0.268 e. The number of halogens is 7. The minimum absolute atomic E-state index is 0.0367.